The highest BCUT2D eigenvalue weighted by molar-refractivity contribution is 6.04. The number of esters is 1. The second kappa shape index (κ2) is 7.65. The number of carbonyl (C=O) groups excluding carboxylic acids is 3. The van der Waals surface area contributed by atoms with Gasteiger partial charge in [0.2, 0.25) is 0 Å². The van der Waals surface area contributed by atoms with Gasteiger partial charge in [-0.1, -0.05) is 47.6 Å². The Balaban J connectivity index is 1.74. The molecular formula is C31H41NO5. The number of ether oxygens (including phenoxy) is 1. The van der Waals surface area contributed by atoms with E-state index in [2.05, 4.69) is 40.7 Å². The average molecular weight is 508 g/mol. The van der Waals surface area contributed by atoms with Crippen LogP contribution in [0.25, 0.3) is 0 Å². The minimum Gasteiger partial charge on any atom is -0.469 e. The molecule has 0 aromatic rings. The van der Waals surface area contributed by atoms with E-state index >= 15 is 0 Å². The number of carbonyl (C=O) groups is 3. The predicted octanol–water partition coefficient (Wildman–Crippen LogP) is 5.10. The van der Waals surface area contributed by atoms with Crippen molar-refractivity contribution in [1.82, 2.24) is 0 Å². The lowest BCUT2D eigenvalue weighted by Gasteiger charge is -2.70. The lowest BCUT2D eigenvalue weighted by atomic mass is 9.33. The average Bonchev–Trinajstić information content (AvgIpc) is 2.84. The lowest BCUT2D eigenvalue weighted by Crippen LogP contribution is -2.74. The molecule has 5 rings (SSSR count). The van der Waals surface area contributed by atoms with E-state index in [1.807, 2.05) is 6.92 Å². The topological polar surface area (TPSA) is 104 Å². The van der Waals surface area contributed by atoms with Crippen LogP contribution in [0.1, 0.15) is 86.5 Å². The Kier molecular flexibility index (Phi) is 5.45. The zero-order valence-electron chi connectivity index (χ0n) is 23.4. The molecule has 0 aromatic heterocycles. The van der Waals surface area contributed by atoms with Crippen molar-refractivity contribution < 1.29 is 24.2 Å². The van der Waals surface area contributed by atoms with E-state index < -0.39 is 33.2 Å². The predicted molar refractivity (Wildman–Crippen MR) is 138 cm³/mol. The van der Waals surface area contributed by atoms with Gasteiger partial charge >= 0.3 is 5.97 Å². The first-order chi connectivity index (χ1) is 17.1. The van der Waals surface area contributed by atoms with Crippen LogP contribution in [0.15, 0.2) is 23.3 Å². The third-order valence-corrected chi connectivity index (χ3v) is 12.3. The van der Waals surface area contributed by atoms with Gasteiger partial charge in [0, 0.05) is 22.7 Å². The second-order valence-electron chi connectivity index (χ2n) is 14.2. The summed E-state index contributed by atoms with van der Waals surface area (Å²) < 4.78 is 5.33. The van der Waals surface area contributed by atoms with Gasteiger partial charge in [-0.05, 0) is 73.3 Å². The zero-order chi connectivity index (χ0) is 27.4. The monoisotopic (exact) mass is 507 g/mol. The summed E-state index contributed by atoms with van der Waals surface area (Å²) in [4.78, 5) is 40.6. The minimum atomic E-state index is -1.71. The molecule has 200 valence electrons. The number of nitriles is 1. The Morgan fingerprint density at radius 1 is 1.08 bits per heavy atom. The van der Waals surface area contributed by atoms with Gasteiger partial charge in [0.25, 0.3) is 0 Å². The van der Waals surface area contributed by atoms with Gasteiger partial charge in [-0.2, -0.15) is 5.26 Å². The number of allylic oxidation sites excluding steroid dienone is 3. The van der Waals surface area contributed by atoms with Crippen LogP contribution >= 0.6 is 0 Å². The lowest BCUT2D eigenvalue weighted by molar-refractivity contribution is -0.247. The molecule has 3 fully saturated rings. The number of methoxy groups -OCH3 is 1. The summed E-state index contributed by atoms with van der Waals surface area (Å²) in [7, 11) is 1.40. The molecule has 0 unspecified atom stereocenters. The van der Waals surface area contributed by atoms with E-state index in [1.165, 1.54) is 7.11 Å². The van der Waals surface area contributed by atoms with Crippen LogP contribution in [-0.4, -0.2) is 35.4 Å². The molecule has 5 aliphatic rings. The maximum absolute atomic E-state index is 14.4. The molecule has 0 radical (unpaired) electrons. The molecule has 0 heterocycles. The maximum atomic E-state index is 14.4. The van der Waals surface area contributed by atoms with E-state index in [-0.39, 0.29) is 40.4 Å². The van der Waals surface area contributed by atoms with E-state index in [1.54, 1.807) is 12.2 Å². The van der Waals surface area contributed by atoms with Crippen molar-refractivity contribution in [2.75, 3.05) is 7.11 Å². The standard InChI is InChI=1S/C31H41NO5/c1-18-20-8-9-28(5)21(27(20,4)15-19(17-32)24(18)34)14-23(33)31(36)22-16-26(2,3)10-12-30(22,25(35)37-7)13-11-29(28,31)6/h14-15,18,20,22,36H,8-13,16H2,1-7H3/t18-,20-,22+,27-,28+,29-,30-,31+/m0/s1. The number of nitrogens with zero attached hydrogens (tertiary/aromatic N) is 1. The third kappa shape index (κ3) is 2.93. The first-order valence-corrected chi connectivity index (χ1v) is 13.8. The summed E-state index contributed by atoms with van der Waals surface area (Å²) in [6, 6.07) is 2.10. The minimum absolute atomic E-state index is 0.00891. The fraction of sp³-hybridized carbons (Fsp3) is 0.742. The second-order valence-corrected chi connectivity index (χ2v) is 14.2. The molecule has 6 heteroatoms. The first kappa shape index (κ1) is 26.4. The van der Waals surface area contributed by atoms with E-state index in [0.717, 1.165) is 24.8 Å². The molecule has 3 saturated carbocycles. The summed E-state index contributed by atoms with van der Waals surface area (Å²) in [6.45, 7) is 12.5. The van der Waals surface area contributed by atoms with Gasteiger partial charge in [-0.3, -0.25) is 14.4 Å². The Morgan fingerprint density at radius 2 is 1.73 bits per heavy atom. The van der Waals surface area contributed by atoms with Crippen LogP contribution < -0.4 is 0 Å². The molecule has 0 aromatic carbocycles. The highest BCUT2D eigenvalue weighted by atomic mass is 16.5. The molecule has 37 heavy (non-hydrogen) atoms. The van der Waals surface area contributed by atoms with Crippen molar-refractivity contribution in [3.05, 3.63) is 23.3 Å². The van der Waals surface area contributed by atoms with Crippen molar-refractivity contribution in [3.8, 4) is 6.07 Å². The van der Waals surface area contributed by atoms with Crippen LogP contribution in [-0.2, 0) is 19.1 Å². The van der Waals surface area contributed by atoms with E-state index in [0.29, 0.717) is 25.7 Å². The fourth-order valence-electron chi connectivity index (χ4n) is 9.81. The smallest absolute Gasteiger partial charge is 0.312 e. The highest BCUT2D eigenvalue weighted by Gasteiger charge is 2.76. The summed E-state index contributed by atoms with van der Waals surface area (Å²) >= 11 is 0. The SMILES string of the molecule is COC(=O)[C@]12CCC(C)(C)C[C@H]1[C@@]1(O)C(=O)C=C3[C@@]4(C)C=C(C#N)C(=O)[C@@H](C)[C@@H]4CC[C@@]3(C)[C@]1(C)CC2. The molecule has 0 spiro atoms. The number of ketones is 2. The normalized spacial score (nSPS) is 48.2. The Hall–Kier alpha value is -2.26. The first-order valence-electron chi connectivity index (χ1n) is 13.8. The largest absolute Gasteiger partial charge is 0.469 e. The molecule has 0 aliphatic heterocycles. The Bertz CT molecular complexity index is 1210. The van der Waals surface area contributed by atoms with Gasteiger partial charge in [-0.25, -0.2) is 0 Å². The number of hydrogen-bond acceptors (Lipinski definition) is 6. The summed E-state index contributed by atoms with van der Waals surface area (Å²) in [5.41, 5.74) is -3.59. The quantitative estimate of drug-likeness (QED) is 0.495. The van der Waals surface area contributed by atoms with Crippen LogP contribution in [0.4, 0.5) is 0 Å². The van der Waals surface area contributed by atoms with E-state index in [4.69, 9.17) is 4.74 Å². The highest BCUT2D eigenvalue weighted by Crippen LogP contribution is 2.75. The van der Waals surface area contributed by atoms with Gasteiger partial charge in [0.15, 0.2) is 11.6 Å². The van der Waals surface area contributed by atoms with E-state index in [9.17, 15) is 24.8 Å². The molecule has 0 bridgehead atoms. The molecule has 0 amide bonds. The number of aliphatic hydroxyl groups is 1. The summed E-state index contributed by atoms with van der Waals surface area (Å²) in [6.07, 6.45) is 8.07. The number of Topliss-reactive ketones (excluding diaryl/α,β-unsaturated/α-hetero) is 1. The van der Waals surface area contributed by atoms with Gasteiger partial charge in [0.05, 0.1) is 18.1 Å². The van der Waals surface area contributed by atoms with Crippen molar-refractivity contribution in [3.63, 3.8) is 0 Å². The third-order valence-electron chi connectivity index (χ3n) is 12.3. The Morgan fingerprint density at radius 3 is 2.35 bits per heavy atom. The van der Waals surface area contributed by atoms with Crippen LogP contribution in [0.3, 0.4) is 0 Å². The van der Waals surface area contributed by atoms with Gasteiger partial charge < -0.3 is 9.84 Å². The van der Waals surface area contributed by atoms with Gasteiger partial charge in [0.1, 0.15) is 11.7 Å². The number of hydrogen-bond donors (Lipinski definition) is 1. The van der Waals surface area contributed by atoms with Crippen molar-refractivity contribution >= 4 is 17.5 Å². The maximum Gasteiger partial charge on any atom is 0.312 e. The summed E-state index contributed by atoms with van der Waals surface area (Å²) in [5, 5.41) is 22.6. The molecule has 0 saturated heterocycles. The summed E-state index contributed by atoms with van der Waals surface area (Å²) in [5.74, 6) is -1.63. The molecule has 1 N–H and O–H groups in total. The van der Waals surface area contributed by atoms with Crippen molar-refractivity contribution in [1.29, 1.82) is 5.26 Å². The van der Waals surface area contributed by atoms with Crippen LogP contribution in [0.5, 0.6) is 0 Å². The van der Waals surface area contributed by atoms with Crippen LogP contribution in [0, 0.1) is 56.2 Å². The zero-order valence-corrected chi connectivity index (χ0v) is 23.4. The molecule has 5 aliphatic carbocycles. The van der Waals surface area contributed by atoms with Crippen LogP contribution in [0.2, 0.25) is 0 Å². The molecular weight excluding hydrogens is 466 g/mol. The Labute approximate surface area is 220 Å². The fourth-order valence-corrected chi connectivity index (χ4v) is 9.81. The number of rotatable bonds is 1. The van der Waals surface area contributed by atoms with Crippen molar-refractivity contribution in [2.45, 2.75) is 92.1 Å². The molecule has 6 nitrogen and oxygen atoms in total. The molecule has 8 atom stereocenters. The van der Waals surface area contributed by atoms with Crippen molar-refractivity contribution in [2.24, 2.45) is 44.8 Å². The number of fused-ring (bicyclic) bond motifs is 7. The van der Waals surface area contributed by atoms with Gasteiger partial charge in [-0.15, -0.1) is 0 Å².